The van der Waals surface area contributed by atoms with E-state index in [-0.39, 0.29) is 17.4 Å². The Hall–Kier alpha value is -3.14. The molecule has 1 aromatic heterocycles. The lowest BCUT2D eigenvalue weighted by Gasteiger charge is -2.14. The van der Waals surface area contributed by atoms with Gasteiger partial charge in [0.1, 0.15) is 5.84 Å². The van der Waals surface area contributed by atoms with Crippen LogP contribution in [0, 0.1) is 0 Å². The summed E-state index contributed by atoms with van der Waals surface area (Å²) in [6, 6.07) is 3.42. The van der Waals surface area contributed by atoms with Gasteiger partial charge in [0.05, 0.1) is 11.4 Å². The largest absolute Gasteiger partial charge is 0.399 e. The standard InChI is InChI=1S/C22H26N6O3S/c1-12(29)24-17-9-13(23)10-18-15(17)11-19(25-18)27-20(30)7-4-8-32-22-26-16-6-3-2-5-14(16)21(31)28-22/h9-10H,2-8,11,23H2,1H3,(H,24,29)(H,25,27,30)(H,26,28,31). The fourth-order valence-electron chi connectivity index (χ4n) is 3.96. The van der Waals surface area contributed by atoms with Crippen LogP contribution in [0.2, 0.25) is 0 Å². The van der Waals surface area contributed by atoms with E-state index in [0.29, 0.717) is 53.1 Å². The van der Waals surface area contributed by atoms with Crippen LogP contribution >= 0.6 is 11.8 Å². The second kappa shape index (κ2) is 9.56. The number of hydrogen-bond acceptors (Lipinski definition) is 7. The van der Waals surface area contributed by atoms with Gasteiger partial charge in [0.15, 0.2) is 5.16 Å². The first-order valence-electron chi connectivity index (χ1n) is 10.7. The Morgan fingerprint density at radius 2 is 2.00 bits per heavy atom. The van der Waals surface area contributed by atoms with E-state index in [2.05, 4.69) is 25.6 Å². The molecule has 32 heavy (non-hydrogen) atoms. The molecule has 5 N–H and O–H groups in total. The Bertz CT molecular complexity index is 1160. The van der Waals surface area contributed by atoms with E-state index in [1.165, 1.54) is 18.7 Å². The lowest BCUT2D eigenvalue weighted by Crippen LogP contribution is -2.30. The molecule has 2 aliphatic rings. The summed E-state index contributed by atoms with van der Waals surface area (Å²) in [5, 5.41) is 6.23. The number of aromatic nitrogens is 2. The van der Waals surface area contributed by atoms with Crippen LogP contribution in [0.25, 0.3) is 0 Å². The number of carbonyl (C=O) groups excluding carboxylic acids is 2. The predicted molar refractivity (Wildman–Crippen MR) is 126 cm³/mol. The van der Waals surface area contributed by atoms with Gasteiger partial charge in [-0.1, -0.05) is 11.8 Å². The molecule has 1 aromatic carbocycles. The Balaban J connectivity index is 1.27. The van der Waals surface area contributed by atoms with Crippen LogP contribution in [-0.4, -0.2) is 33.4 Å². The van der Waals surface area contributed by atoms with E-state index in [0.717, 1.165) is 42.5 Å². The summed E-state index contributed by atoms with van der Waals surface area (Å²) >= 11 is 1.46. The Labute approximate surface area is 189 Å². The van der Waals surface area contributed by atoms with Gasteiger partial charge in [-0.15, -0.1) is 0 Å². The second-order valence-electron chi connectivity index (χ2n) is 7.99. The highest BCUT2D eigenvalue weighted by atomic mass is 32.2. The zero-order valence-corrected chi connectivity index (χ0v) is 18.7. The number of nitrogens with zero attached hydrogens (tertiary/aromatic N) is 2. The maximum Gasteiger partial charge on any atom is 0.254 e. The molecule has 2 heterocycles. The number of anilines is 2. The first-order chi connectivity index (χ1) is 15.4. The minimum absolute atomic E-state index is 0.0342. The average Bonchev–Trinajstić information content (AvgIpc) is 3.13. The minimum Gasteiger partial charge on any atom is -0.399 e. The van der Waals surface area contributed by atoms with Crippen LogP contribution in [0.15, 0.2) is 27.1 Å². The molecule has 1 aliphatic heterocycles. The lowest BCUT2D eigenvalue weighted by molar-refractivity contribution is -0.119. The molecule has 0 bridgehead atoms. The molecule has 0 atom stereocenters. The number of benzene rings is 1. The molecular weight excluding hydrogens is 428 g/mol. The molecule has 0 spiro atoms. The van der Waals surface area contributed by atoms with Gasteiger partial charge in [-0.3, -0.25) is 14.4 Å². The third-order valence-corrected chi connectivity index (χ3v) is 6.36. The highest BCUT2D eigenvalue weighted by Crippen LogP contribution is 2.35. The normalized spacial score (nSPS) is 14.3. The summed E-state index contributed by atoms with van der Waals surface area (Å²) in [4.78, 5) is 47.9. The maximum atomic E-state index is 12.4. The minimum atomic E-state index is -0.192. The number of amides is 2. The van der Waals surface area contributed by atoms with Crippen LogP contribution in [-0.2, 0) is 28.9 Å². The van der Waals surface area contributed by atoms with Crippen LogP contribution in [0.3, 0.4) is 0 Å². The SMILES string of the molecule is CC(=O)Nc1cc(N)cc2c1CC(NC(=O)CCCSc1nc3c(c(=O)[nH]1)CCCC3)=N2. The third kappa shape index (κ3) is 5.18. The molecule has 0 radical (unpaired) electrons. The van der Waals surface area contributed by atoms with Crippen molar-refractivity contribution in [1.29, 1.82) is 0 Å². The highest BCUT2D eigenvalue weighted by molar-refractivity contribution is 7.99. The van der Waals surface area contributed by atoms with Gasteiger partial charge >= 0.3 is 0 Å². The smallest absolute Gasteiger partial charge is 0.254 e. The van der Waals surface area contributed by atoms with Crippen LogP contribution in [0.4, 0.5) is 17.1 Å². The van der Waals surface area contributed by atoms with E-state index < -0.39 is 0 Å². The highest BCUT2D eigenvalue weighted by Gasteiger charge is 2.21. The van der Waals surface area contributed by atoms with Gasteiger partial charge in [0, 0.05) is 48.0 Å². The summed E-state index contributed by atoms with van der Waals surface area (Å²) in [6.45, 7) is 1.43. The topological polar surface area (TPSA) is 142 Å². The first kappa shape index (κ1) is 22.1. The Morgan fingerprint density at radius 1 is 1.19 bits per heavy atom. The monoisotopic (exact) mass is 454 g/mol. The van der Waals surface area contributed by atoms with Crippen LogP contribution < -0.4 is 21.9 Å². The molecule has 9 nitrogen and oxygen atoms in total. The number of thioether (sulfide) groups is 1. The van der Waals surface area contributed by atoms with Crippen molar-refractivity contribution in [3.8, 4) is 0 Å². The van der Waals surface area contributed by atoms with E-state index in [1.807, 2.05) is 0 Å². The van der Waals surface area contributed by atoms with Crippen molar-refractivity contribution in [1.82, 2.24) is 15.3 Å². The Morgan fingerprint density at radius 3 is 2.81 bits per heavy atom. The number of nitrogens with two attached hydrogens (primary N) is 1. The number of aliphatic imine (C=N–C) groups is 1. The number of carbonyl (C=O) groups is 2. The van der Waals surface area contributed by atoms with Crippen molar-refractivity contribution in [3.05, 3.63) is 39.3 Å². The molecule has 0 unspecified atom stereocenters. The number of nitrogens with one attached hydrogen (secondary N) is 3. The zero-order chi connectivity index (χ0) is 22.7. The number of H-pyrrole nitrogens is 1. The van der Waals surface area contributed by atoms with E-state index in [4.69, 9.17) is 5.73 Å². The number of nitrogen functional groups attached to an aromatic ring is 1. The third-order valence-electron chi connectivity index (χ3n) is 5.40. The van der Waals surface area contributed by atoms with Crippen molar-refractivity contribution in [3.63, 3.8) is 0 Å². The molecule has 0 saturated carbocycles. The van der Waals surface area contributed by atoms with Crippen molar-refractivity contribution in [2.24, 2.45) is 4.99 Å². The van der Waals surface area contributed by atoms with Gasteiger partial charge in [0.25, 0.3) is 5.56 Å². The van der Waals surface area contributed by atoms with Gasteiger partial charge < -0.3 is 21.4 Å². The second-order valence-corrected chi connectivity index (χ2v) is 9.07. The van der Waals surface area contributed by atoms with Crippen molar-refractivity contribution in [2.75, 3.05) is 16.8 Å². The molecule has 2 aromatic rings. The number of hydrogen-bond donors (Lipinski definition) is 4. The van der Waals surface area contributed by atoms with E-state index in [9.17, 15) is 14.4 Å². The number of aryl methyl sites for hydroxylation is 1. The molecule has 10 heteroatoms. The van der Waals surface area contributed by atoms with Crippen molar-refractivity contribution >= 4 is 46.5 Å². The predicted octanol–water partition coefficient (Wildman–Crippen LogP) is 2.46. The van der Waals surface area contributed by atoms with Crippen LogP contribution in [0.1, 0.15) is 49.4 Å². The molecular formula is C22H26N6O3S. The van der Waals surface area contributed by atoms with Gasteiger partial charge in [0.2, 0.25) is 11.8 Å². The number of aromatic amines is 1. The van der Waals surface area contributed by atoms with E-state index in [1.54, 1.807) is 12.1 Å². The quantitative estimate of drug-likeness (QED) is 0.229. The van der Waals surface area contributed by atoms with Gasteiger partial charge in [-0.2, -0.15) is 0 Å². The summed E-state index contributed by atoms with van der Waals surface area (Å²) in [7, 11) is 0. The maximum absolute atomic E-state index is 12.4. The molecule has 2 amide bonds. The molecule has 0 saturated heterocycles. The molecule has 168 valence electrons. The summed E-state index contributed by atoms with van der Waals surface area (Å²) < 4.78 is 0. The number of rotatable bonds is 6. The van der Waals surface area contributed by atoms with Crippen LogP contribution in [0.5, 0.6) is 0 Å². The van der Waals surface area contributed by atoms with Crippen molar-refractivity contribution in [2.45, 2.75) is 57.0 Å². The van der Waals surface area contributed by atoms with Gasteiger partial charge in [-0.05, 0) is 44.2 Å². The Kier molecular flexibility index (Phi) is 6.59. The summed E-state index contributed by atoms with van der Waals surface area (Å²) in [5.41, 5.74) is 10.2. The van der Waals surface area contributed by atoms with E-state index >= 15 is 0 Å². The summed E-state index contributed by atoms with van der Waals surface area (Å²) in [5.74, 6) is 0.890. The fourth-order valence-corrected chi connectivity index (χ4v) is 4.79. The fraction of sp³-hybridized carbons (Fsp3) is 0.409. The average molecular weight is 455 g/mol. The first-order valence-corrected chi connectivity index (χ1v) is 11.7. The number of amidine groups is 1. The van der Waals surface area contributed by atoms with Gasteiger partial charge in [-0.25, -0.2) is 9.98 Å². The zero-order valence-electron chi connectivity index (χ0n) is 17.9. The molecule has 1 aliphatic carbocycles. The number of fused-ring (bicyclic) bond motifs is 2. The molecule has 0 fully saturated rings. The summed E-state index contributed by atoms with van der Waals surface area (Å²) in [6.07, 6.45) is 5.16. The lowest BCUT2D eigenvalue weighted by atomic mass is 9.97. The van der Waals surface area contributed by atoms with Crippen molar-refractivity contribution < 1.29 is 9.59 Å². The molecule has 4 rings (SSSR count).